The first-order chi connectivity index (χ1) is 6.70. The highest BCUT2D eigenvalue weighted by molar-refractivity contribution is 5.59. The molecular weight excluding hydrogens is 170 g/mol. The van der Waals surface area contributed by atoms with Gasteiger partial charge in [0, 0.05) is 0 Å². The number of aliphatic imine (C=N–C) groups is 1. The molecule has 0 aliphatic carbocycles. The number of hydrogen-bond acceptors (Lipinski definition) is 1. The van der Waals surface area contributed by atoms with Crippen molar-refractivity contribution in [3.05, 3.63) is 41.5 Å². The van der Waals surface area contributed by atoms with Crippen LogP contribution < -0.4 is 0 Å². The largest absolute Gasteiger partial charge is 0.264 e. The van der Waals surface area contributed by atoms with Crippen LogP contribution in [0.4, 0.5) is 5.69 Å². The molecule has 0 heterocycles. The molecule has 74 valence electrons. The maximum Gasteiger partial charge on any atom is 0.0686 e. The van der Waals surface area contributed by atoms with Crippen molar-refractivity contribution in [1.82, 2.24) is 0 Å². The molecule has 0 N–H and O–H groups in total. The molecule has 0 aliphatic rings. The number of nitrogens with zero attached hydrogens (tertiary/aromatic N) is 1. The van der Waals surface area contributed by atoms with Gasteiger partial charge in [0.25, 0.3) is 0 Å². The Hall–Kier alpha value is -1.37. The summed E-state index contributed by atoms with van der Waals surface area (Å²) in [5, 5.41) is 0. The van der Waals surface area contributed by atoms with Crippen LogP contribution in [0.15, 0.2) is 29.8 Å². The summed E-state index contributed by atoms with van der Waals surface area (Å²) in [6, 6.07) is 4.24. The predicted octanol–water partition coefficient (Wildman–Crippen LogP) is 3.75. The Morgan fingerprint density at radius 2 is 1.93 bits per heavy atom. The van der Waals surface area contributed by atoms with E-state index >= 15 is 0 Å². The van der Waals surface area contributed by atoms with Gasteiger partial charge in [0.2, 0.25) is 0 Å². The van der Waals surface area contributed by atoms with Gasteiger partial charge < -0.3 is 0 Å². The minimum atomic E-state index is 0.993. The fourth-order valence-electron chi connectivity index (χ4n) is 1.64. The zero-order chi connectivity index (χ0) is 10.6. The van der Waals surface area contributed by atoms with Crippen molar-refractivity contribution in [1.29, 1.82) is 0 Å². The fraction of sp³-hybridized carbons (Fsp3) is 0.308. The average Bonchev–Trinajstić information content (AvgIpc) is 2.19. The molecular formula is C13H17N. The topological polar surface area (TPSA) is 12.4 Å². The van der Waals surface area contributed by atoms with Crippen molar-refractivity contribution in [3.63, 3.8) is 0 Å². The second-order valence-corrected chi connectivity index (χ2v) is 3.51. The minimum absolute atomic E-state index is 0.993. The molecule has 1 aromatic carbocycles. The molecule has 0 atom stereocenters. The summed E-state index contributed by atoms with van der Waals surface area (Å²) in [4.78, 5) is 4.10. The number of hydrogen-bond donors (Lipinski definition) is 0. The monoisotopic (exact) mass is 187 g/mol. The molecule has 0 spiro atoms. The Balaban J connectivity index is 3.15. The molecule has 1 heteroatoms. The van der Waals surface area contributed by atoms with E-state index in [1.54, 1.807) is 0 Å². The highest BCUT2D eigenvalue weighted by Gasteiger charge is 2.06. The lowest BCUT2D eigenvalue weighted by molar-refractivity contribution is 0.985. The van der Waals surface area contributed by atoms with E-state index in [9.17, 15) is 0 Å². The number of rotatable bonds is 4. The van der Waals surface area contributed by atoms with E-state index in [0.29, 0.717) is 0 Å². The van der Waals surface area contributed by atoms with Gasteiger partial charge >= 0.3 is 0 Å². The molecule has 0 aromatic heterocycles. The number of aryl methyl sites for hydroxylation is 2. The molecule has 0 amide bonds. The normalized spacial score (nSPS) is 9.86. The van der Waals surface area contributed by atoms with Crippen LogP contribution in [0.2, 0.25) is 0 Å². The van der Waals surface area contributed by atoms with Crippen LogP contribution >= 0.6 is 0 Å². The Kier molecular flexibility index (Phi) is 3.63. The van der Waals surface area contributed by atoms with Crippen LogP contribution in [0.3, 0.4) is 0 Å². The van der Waals surface area contributed by atoms with Crippen molar-refractivity contribution in [2.45, 2.75) is 26.7 Å². The first-order valence-electron chi connectivity index (χ1n) is 4.87. The van der Waals surface area contributed by atoms with Crippen molar-refractivity contribution in [3.8, 4) is 0 Å². The van der Waals surface area contributed by atoms with E-state index < -0.39 is 0 Å². The van der Waals surface area contributed by atoms with Gasteiger partial charge in [-0.05, 0) is 50.1 Å². The van der Waals surface area contributed by atoms with Gasteiger partial charge in [-0.25, -0.2) is 0 Å². The van der Waals surface area contributed by atoms with Gasteiger partial charge in [0.1, 0.15) is 0 Å². The number of benzene rings is 1. The lowest BCUT2D eigenvalue weighted by Crippen LogP contribution is -1.91. The van der Waals surface area contributed by atoms with Crippen LogP contribution in [0.1, 0.15) is 23.1 Å². The van der Waals surface area contributed by atoms with Gasteiger partial charge in [0.15, 0.2) is 0 Å². The third-order valence-electron chi connectivity index (χ3n) is 2.48. The summed E-state index contributed by atoms with van der Waals surface area (Å²) < 4.78 is 0. The second-order valence-electron chi connectivity index (χ2n) is 3.51. The van der Waals surface area contributed by atoms with Crippen LogP contribution in [0.25, 0.3) is 0 Å². The maximum absolute atomic E-state index is 4.10. The Labute approximate surface area is 86.2 Å². The second kappa shape index (κ2) is 4.75. The fourth-order valence-corrected chi connectivity index (χ4v) is 1.64. The Morgan fingerprint density at radius 3 is 2.50 bits per heavy atom. The first-order valence-corrected chi connectivity index (χ1v) is 4.87. The van der Waals surface area contributed by atoms with Gasteiger partial charge in [-0.3, -0.25) is 4.99 Å². The maximum atomic E-state index is 4.10. The molecule has 0 saturated carbocycles. The van der Waals surface area contributed by atoms with Crippen LogP contribution in [-0.4, -0.2) is 6.72 Å². The van der Waals surface area contributed by atoms with Crippen LogP contribution in [0.5, 0.6) is 0 Å². The van der Waals surface area contributed by atoms with Gasteiger partial charge in [-0.2, -0.15) is 0 Å². The predicted molar refractivity (Wildman–Crippen MR) is 63.6 cm³/mol. The number of allylic oxidation sites excluding steroid dienone is 1. The molecule has 1 rings (SSSR count). The summed E-state index contributed by atoms with van der Waals surface area (Å²) in [6.45, 7) is 11.6. The standard InChI is InChI=1S/C13H17N/c1-5-6-7-12-10(2)8-9-11(3)13(12)14-4/h5,8-9H,1,4,6-7H2,2-3H3. The lowest BCUT2D eigenvalue weighted by atomic mass is 9.98. The van der Waals surface area contributed by atoms with E-state index in [1.165, 1.54) is 16.7 Å². The van der Waals surface area contributed by atoms with E-state index in [4.69, 9.17) is 0 Å². The van der Waals surface area contributed by atoms with E-state index in [2.05, 4.69) is 44.3 Å². The zero-order valence-electron chi connectivity index (χ0n) is 9.01. The summed E-state index contributed by atoms with van der Waals surface area (Å²) >= 11 is 0. The summed E-state index contributed by atoms with van der Waals surface area (Å²) in [7, 11) is 0. The summed E-state index contributed by atoms with van der Waals surface area (Å²) in [5.41, 5.74) is 4.84. The summed E-state index contributed by atoms with van der Waals surface area (Å²) in [5.74, 6) is 0. The smallest absolute Gasteiger partial charge is 0.0686 e. The molecule has 0 unspecified atom stereocenters. The highest BCUT2D eigenvalue weighted by Crippen LogP contribution is 2.27. The molecule has 0 saturated heterocycles. The molecule has 14 heavy (non-hydrogen) atoms. The Bertz CT molecular complexity index is 350. The van der Waals surface area contributed by atoms with Crippen molar-refractivity contribution >= 4 is 12.4 Å². The minimum Gasteiger partial charge on any atom is -0.264 e. The van der Waals surface area contributed by atoms with Gasteiger partial charge in [0.05, 0.1) is 5.69 Å². The summed E-state index contributed by atoms with van der Waals surface area (Å²) in [6.07, 6.45) is 3.94. The van der Waals surface area contributed by atoms with Crippen molar-refractivity contribution < 1.29 is 0 Å². The average molecular weight is 187 g/mol. The molecule has 0 radical (unpaired) electrons. The SMILES string of the molecule is C=CCCc1c(C)ccc(C)c1N=C. The molecule has 0 aliphatic heterocycles. The van der Waals surface area contributed by atoms with Crippen molar-refractivity contribution in [2.75, 3.05) is 0 Å². The molecule has 0 bridgehead atoms. The van der Waals surface area contributed by atoms with Gasteiger partial charge in [-0.15, -0.1) is 6.58 Å². The van der Waals surface area contributed by atoms with E-state index in [-0.39, 0.29) is 0 Å². The first kappa shape index (κ1) is 10.7. The quantitative estimate of drug-likeness (QED) is 0.503. The highest BCUT2D eigenvalue weighted by atomic mass is 14.7. The third-order valence-corrected chi connectivity index (χ3v) is 2.48. The molecule has 1 aromatic rings. The molecule has 0 fully saturated rings. The van der Waals surface area contributed by atoms with Crippen molar-refractivity contribution in [2.24, 2.45) is 4.99 Å². The Morgan fingerprint density at radius 1 is 1.29 bits per heavy atom. The lowest BCUT2D eigenvalue weighted by Gasteiger charge is -2.10. The van der Waals surface area contributed by atoms with Gasteiger partial charge in [-0.1, -0.05) is 18.2 Å². The zero-order valence-corrected chi connectivity index (χ0v) is 9.01. The van der Waals surface area contributed by atoms with E-state index in [1.807, 2.05) is 6.08 Å². The van der Waals surface area contributed by atoms with Crippen LogP contribution in [0, 0.1) is 13.8 Å². The molecule has 1 nitrogen and oxygen atoms in total. The van der Waals surface area contributed by atoms with E-state index in [0.717, 1.165) is 18.5 Å². The third kappa shape index (κ3) is 2.11. The van der Waals surface area contributed by atoms with Crippen LogP contribution in [-0.2, 0) is 6.42 Å².